The molecule has 0 spiro atoms. The third-order valence-corrected chi connectivity index (χ3v) is 6.82. The number of carbonyl (C=O) groups excluding carboxylic acids is 2. The molecular weight excluding hydrogens is 512 g/mol. The van der Waals surface area contributed by atoms with Crippen LogP contribution >= 0.6 is 0 Å². The lowest BCUT2D eigenvalue weighted by atomic mass is 10.0. The summed E-state index contributed by atoms with van der Waals surface area (Å²) in [7, 11) is 0. The lowest BCUT2D eigenvalue weighted by Gasteiger charge is -2.33. The summed E-state index contributed by atoms with van der Waals surface area (Å²) in [5.74, 6) is -0.182. The van der Waals surface area contributed by atoms with Gasteiger partial charge < -0.3 is 20.3 Å². The number of aromatic amines is 2. The van der Waals surface area contributed by atoms with Crippen LogP contribution in [0.1, 0.15) is 23.1 Å². The second kappa shape index (κ2) is 11.7. The number of nitrogens with one attached hydrogen (secondary N) is 3. The number of piperazine rings is 1. The average molecular weight is 541 g/mol. The molecule has 0 bridgehead atoms. The fraction of sp³-hybridized carbons (Fsp3) is 0.214. The quantitative estimate of drug-likeness (QED) is 0.247. The summed E-state index contributed by atoms with van der Waals surface area (Å²) in [4.78, 5) is 49.5. The highest BCUT2D eigenvalue weighted by molar-refractivity contribution is 6.09. The van der Waals surface area contributed by atoms with Crippen LogP contribution in [0, 0.1) is 0 Å². The molecule has 1 aliphatic rings. The smallest absolute Gasteiger partial charge is 0.290 e. The van der Waals surface area contributed by atoms with Crippen LogP contribution in [0.25, 0.3) is 33.1 Å². The van der Waals surface area contributed by atoms with E-state index in [1.54, 1.807) is 25.4 Å². The number of carboxylic acid groups (broad SMARTS) is 1. The van der Waals surface area contributed by atoms with E-state index >= 15 is 0 Å². The largest absolute Gasteiger partial charge is 0.483 e. The minimum absolute atomic E-state index is 0.105. The Balaban J connectivity index is 0.00000103. The van der Waals surface area contributed by atoms with Crippen molar-refractivity contribution in [2.45, 2.75) is 13.5 Å². The van der Waals surface area contributed by atoms with Gasteiger partial charge in [0.2, 0.25) is 5.91 Å². The molecule has 12 nitrogen and oxygen atoms in total. The molecule has 6 rings (SSSR count). The lowest BCUT2D eigenvalue weighted by Crippen LogP contribution is -2.47. The number of anilines is 1. The van der Waals surface area contributed by atoms with Crippen molar-refractivity contribution in [1.29, 1.82) is 0 Å². The Hall–Kier alpha value is -5.10. The molecule has 0 atom stereocenters. The van der Waals surface area contributed by atoms with Gasteiger partial charge in [0.05, 0.1) is 23.1 Å². The number of pyridine rings is 2. The van der Waals surface area contributed by atoms with Crippen molar-refractivity contribution < 1.29 is 19.5 Å². The highest BCUT2D eigenvalue weighted by Gasteiger charge is 2.20. The highest BCUT2D eigenvalue weighted by atomic mass is 16.3. The van der Waals surface area contributed by atoms with Crippen molar-refractivity contribution in [2.75, 3.05) is 31.5 Å². The van der Waals surface area contributed by atoms with Gasteiger partial charge in [-0.15, -0.1) is 0 Å². The topological polar surface area (TPSA) is 160 Å². The van der Waals surface area contributed by atoms with Crippen molar-refractivity contribution in [3.05, 3.63) is 72.4 Å². The standard InChI is InChI=1S/C27H26N8O2.CH2O2/c1-17(36)35-11-9-34(10-12-35)16-19-3-2-4-23(31-19)27(37)32-24-13-18(14-25-22(24)15-30-33-25)20-5-7-28-26-21(20)6-8-29-26;2-1-3/h2-8,13-15H,9-12,16H2,1H3,(H,28,29)(H,30,33)(H,32,37);1H,(H,2,3). The molecule has 0 unspecified atom stereocenters. The first kappa shape index (κ1) is 26.5. The molecule has 204 valence electrons. The van der Waals surface area contributed by atoms with E-state index in [2.05, 4.69) is 35.4 Å². The summed E-state index contributed by atoms with van der Waals surface area (Å²) in [5, 5.41) is 19.0. The number of benzene rings is 1. The maximum atomic E-state index is 13.3. The second-order valence-electron chi connectivity index (χ2n) is 9.31. The third-order valence-electron chi connectivity index (χ3n) is 6.82. The molecule has 40 heavy (non-hydrogen) atoms. The monoisotopic (exact) mass is 540 g/mol. The summed E-state index contributed by atoms with van der Waals surface area (Å²) in [5.41, 5.74) is 5.38. The van der Waals surface area contributed by atoms with Gasteiger partial charge in [0.15, 0.2) is 0 Å². The van der Waals surface area contributed by atoms with Crippen molar-refractivity contribution in [1.82, 2.24) is 34.9 Å². The summed E-state index contributed by atoms with van der Waals surface area (Å²) in [6.45, 7) is 4.96. The molecule has 0 aliphatic carbocycles. The van der Waals surface area contributed by atoms with Crippen molar-refractivity contribution >= 4 is 45.9 Å². The molecule has 0 saturated carbocycles. The Kier molecular flexibility index (Phi) is 7.78. The van der Waals surface area contributed by atoms with Gasteiger partial charge in [0.25, 0.3) is 12.4 Å². The first-order valence-electron chi connectivity index (χ1n) is 12.7. The molecule has 12 heteroatoms. The van der Waals surface area contributed by atoms with E-state index in [1.807, 2.05) is 47.5 Å². The Bertz CT molecular complexity index is 1670. The van der Waals surface area contributed by atoms with E-state index in [0.29, 0.717) is 31.0 Å². The Morgan fingerprint density at radius 2 is 1.90 bits per heavy atom. The molecule has 1 fully saturated rings. The van der Waals surface area contributed by atoms with Gasteiger partial charge in [-0.2, -0.15) is 5.10 Å². The number of aromatic nitrogens is 5. The fourth-order valence-electron chi connectivity index (χ4n) is 4.85. The maximum Gasteiger partial charge on any atom is 0.290 e. The zero-order valence-corrected chi connectivity index (χ0v) is 21.8. The molecule has 4 N–H and O–H groups in total. The molecule has 5 aromatic rings. The molecular formula is C28H28N8O4. The summed E-state index contributed by atoms with van der Waals surface area (Å²) in [6, 6.07) is 13.4. The summed E-state index contributed by atoms with van der Waals surface area (Å²) >= 11 is 0. The second-order valence-corrected chi connectivity index (χ2v) is 9.31. The molecule has 2 amide bonds. The van der Waals surface area contributed by atoms with Gasteiger partial charge in [-0.1, -0.05) is 6.07 Å². The maximum absolute atomic E-state index is 13.3. The van der Waals surface area contributed by atoms with E-state index < -0.39 is 0 Å². The zero-order valence-electron chi connectivity index (χ0n) is 21.8. The SMILES string of the molecule is CC(=O)N1CCN(Cc2cccc(C(=O)Nc3cc(-c4ccnc5[nH]ccc45)cc4[nH]ncc34)n2)CC1.O=CO. The van der Waals surface area contributed by atoms with Crippen LogP contribution in [0.4, 0.5) is 5.69 Å². The van der Waals surface area contributed by atoms with Gasteiger partial charge in [0.1, 0.15) is 11.3 Å². The average Bonchev–Trinajstić information content (AvgIpc) is 3.64. The van der Waals surface area contributed by atoms with Crippen LogP contribution in [-0.2, 0) is 16.1 Å². The van der Waals surface area contributed by atoms with E-state index in [4.69, 9.17) is 9.90 Å². The Labute approximate surface area is 229 Å². The predicted octanol–water partition coefficient (Wildman–Crippen LogP) is 3.12. The molecule has 1 saturated heterocycles. The van der Waals surface area contributed by atoms with E-state index in [9.17, 15) is 9.59 Å². The van der Waals surface area contributed by atoms with Crippen LogP contribution in [0.3, 0.4) is 0 Å². The van der Waals surface area contributed by atoms with E-state index in [1.165, 1.54) is 0 Å². The minimum Gasteiger partial charge on any atom is -0.483 e. The zero-order chi connectivity index (χ0) is 28.1. The predicted molar refractivity (Wildman–Crippen MR) is 150 cm³/mol. The number of nitrogens with zero attached hydrogens (tertiary/aromatic N) is 5. The van der Waals surface area contributed by atoms with Crippen molar-refractivity contribution in [3.8, 4) is 11.1 Å². The number of hydrogen-bond donors (Lipinski definition) is 4. The van der Waals surface area contributed by atoms with Gasteiger partial charge in [-0.25, -0.2) is 9.97 Å². The minimum atomic E-state index is -0.288. The summed E-state index contributed by atoms with van der Waals surface area (Å²) < 4.78 is 0. The van der Waals surface area contributed by atoms with Crippen LogP contribution < -0.4 is 5.32 Å². The van der Waals surface area contributed by atoms with Crippen LogP contribution in [0.5, 0.6) is 0 Å². The van der Waals surface area contributed by atoms with Crippen LogP contribution in [0.15, 0.2) is 61.1 Å². The molecule has 1 aliphatic heterocycles. The van der Waals surface area contributed by atoms with Crippen molar-refractivity contribution in [3.63, 3.8) is 0 Å². The van der Waals surface area contributed by atoms with Gasteiger partial charge in [0, 0.05) is 62.8 Å². The van der Waals surface area contributed by atoms with Crippen molar-refractivity contribution in [2.24, 2.45) is 0 Å². The summed E-state index contributed by atoms with van der Waals surface area (Å²) in [6.07, 6.45) is 5.33. The first-order chi connectivity index (χ1) is 19.5. The Morgan fingerprint density at radius 3 is 2.67 bits per heavy atom. The number of carbonyl (C=O) groups is 3. The lowest BCUT2D eigenvalue weighted by molar-refractivity contribution is -0.130. The number of amides is 2. The number of fused-ring (bicyclic) bond motifs is 2. The third kappa shape index (κ3) is 5.66. The molecule has 5 heterocycles. The fourth-order valence-corrected chi connectivity index (χ4v) is 4.85. The van der Waals surface area contributed by atoms with Gasteiger partial charge >= 0.3 is 0 Å². The first-order valence-corrected chi connectivity index (χ1v) is 12.7. The molecule has 0 radical (unpaired) electrons. The normalized spacial score (nSPS) is 13.6. The molecule has 1 aromatic carbocycles. The van der Waals surface area contributed by atoms with Crippen LogP contribution in [-0.4, -0.2) is 84.5 Å². The number of rotatable bonds is 5. The Morgan fingerprint density at radius 1 is 1.10 bits per heavy atom. The van der Waals surface area contributed by atoms with Gasteiger partial charge in [-0.05, 0) is 47.5 Å². The number of H-pyrrole nitrogens is 2. The van der Waals surface area contributed by atoms with Crippen LogP contribution in [0.2, 0.25) is 0 Å². The molecule has 4 aromatic heterocycles. The van der Waals surface area contributed by atoms with E-state index in [-0.39, 0.29) is 18.3 Å². The van der Waals surface area contributed by atoms with E-state index in [0.717, 1.165) is 51.8 Å². The highest BCUT2D eigenvalue weighted by Crippen LogP contribution is 2.33. The van der Waals surface area contributed by atoms with Gasteiger partial charge in [-0.3, -0.25) is 24.4 Å². The number of hydrogen-bond acceptors (Lipinski definition) is 7.